The highest BCUT2D eigenvalue weighted by Gasteiger charge is 2.15. The molecule has 4 nitrogen and oxygen atoms in total. The van der Waals surface area contributed by atoms with Crippen LogP contribution < -0.4 is 5.32 Å². The number of hydrogen-bond donors (Lipinski definition) is 2. The summed E-state index contributed by atoms with van der Waals surface area (Å²) in [5.41, 5.74) is 2.06. The minimum absolute atomic E-state index is 0.218. The molecule has 1 aromatic heterocycles. The van der Waals surface area contributed by atoms with Gasteiger partial charge in [0.1, 0.15) is 5.76 Å². The highest BCUT2D eigenvalue weighted by molar-refractivity contribution is 5.24. The lowest BCUT2D eigenvalue weighted by Gasteiger charge is -2.14. The molecule has 0 radical (unpaired) electrons. The van der Waals surface area contributed by atoms with Gasteiger partial charge in [-0.25, -0.2) is 0 Å². The molecule has 0 amide bonds. The zero-order chi connectivity index (χ0) is 11.4. The third-order valence-corrected chi connectivity index (χ3v) is 2.53. The molecule has 1 heterocycles. The molecule has 1 rings (SSSR count). The lowest BCUT2D eigenvalue weighted by atomic mass is 10.1. The lowest BCUT2D eigenvalue weighted by molar-refractivity contribution is 0.182. The molecule has 2 unspecified atom stereocenters. The third-order valence-electron chi connectivity index (χ3n) is 2.53. The van der Waals surface area contributed by atoms with Crippen molar-refractivity contribution in [3.8, 4) is 0 Å². The maximum Gasteiger partial charge on any atom is 0.138 e. The fraction of sp³-hybridized carbons (Fsp3) is 0.727. The van der Waals surface area contributed by atoms with Crippen LogP contribution in [0.1, 0.15) is 43.3 Å². The second-order valence-corrected chi connectivity index (χ2v) is 4.05. The molecular weight excluding hydrogens is 192 g/mol. The van der Waals surface area contributed by atoms with Crippen molar-refractivity contribution in [3.63, 3.8) is 0 Å². The Morgan fingerprint density at radius 2 is 2.07 bits per heavy atom. The summed E-state index contributed by atoms with van der Waals surface area (Å²) in [6.07, 6.45) is 0.502. The predicted octanol–water partition coefficient (Wildman–Crippen LogP) is 1.71. The summed E-state index contributed by atoms with van der Waals surface area (Å²) in [4.78, 5) is 0. The Morgan fingerprint density at radius 1 is 1.40 bits per heavy atom. The second-order valence-electron chi connectivity index (χ2n) is 4.05. The van der Waals surface area contributed by atoms with E-state index < -0.39 is 0 Å². The molecule has 0 aliphatic carbocycles. The lowest BCUT2D eigenvalue weighted by Crippen LogP contribution is -2.23. The Kier molecular flexibility index (Phi) is 4.29. The van der Waals surface area contributed by atoms with Gasteiger partial charge in [0.15, 0.2) is 0 Å². The Bertz CT molecular complexity index is 288. The van der Waals surface area contributed by atoms with Crippen LogP contribution in [0.5, 0.6) is 0 Å². The van der Waals surface area contributed by atoms with E-state index in [1.165, 1.54) is 0 Å². The van der Waals surface area contributed by atoms with Gasteiger partial charge in [-0.1, -0.05) is 5.16 Å². The molecule has 0 aliphatic rings. The molecule has 2 atom stereocenters. The number of nitrogens with zero attached hydrogens (tertiary/aromatic N) is 1. The fourth-order valence-corrected chi connectivity index (χ4v) is 1.72. The van der Waals surface area contributed by atoms with Crippen molar-refractivity contribution in [1.82, 2.24) is 10.5 Å². The highest BCUT2D eigenvalue weighted by atomic mass is 16.5. The van der Waals surface area contributed by atoms with Crippen molar-refractivity contribution in [3.05, 3.63) is 17.0 Å². The van der Waals surface area contributed by atoms with Gasteiger partial charge in [0.2, 0.25) is 0 Å². The first-order chi connectivity index (χ1) is 7.02. The third kappa shape index (κ3) is 3.32. The van der Waals surface area contributed by atoms with Gasteiger partial charge in [-0.15, -0.1) is 0 Å². The van der Waals surface area contributed by atoms with Crippen LogP contribution in [0.4, 0.5) is 0 Å². The van der Waals surface area contributed by atoms with Crippen molar-refractivity contribution in [2.45, 2.75) is 46.3 Å². The van der Waals surface area contributed by atoms with Crippen LogP contribution in [-0.2, 0) is 0 Å². The summed E-state index contributed by atoms with van der Waals surface area (Å²) in [6, 6.07) is 0.218. The van der Waals surface area contributed by atoms with E-state index in [-0.39, 0.29) is 12.1 Å². The maximum absolute atomic E-state index is 9.13. The monoisotopic (exact) mass is 212 g/mol. The van der Waals surface area contributed by atoms with Crippen molar-refractivity contribution < 1.29 is 9.63 Å². The van der Waals surface area contributed by atoms with Crippen molar-refractivity contribution >= 4 is 0 Å². The Labute approximate surface area is 90.7 Å². The van der Waals surface area contributed by atoms with Gasteiger partial charge < -0.3 is 14.9 Å². The van der Waals surface area contributed by atoms with Gasteiger partial charge in [0.05, 0.1) is 11.8 Å². The van der Waals surface area contributed by atoms with Crippen LogP contribution in [-0.4, -0.2) is 22.9 Å². The normalized spacial score (nSPS) is 15.3. The number of nitrogens with one attached hydrogen (secondary N) is 1. The smallest absolute Gasteiger partial charge is 0.138 e. The summed E-state index contributed by atoms with van der Waals surface area (Å²) < 4.78 is 5.10. The quantitative estimate of drug-likeness (QED) is 0.780. The van der Waals surface area contributed by atoms with Crippen molar-refractivity contribution in [2.24, 2.45) is 0 Å². The largest absolute Gasteiger partial charge is 0.393 e. The van der Waals surface area contributed by atoms with E-state index in [0.717, 1.165) is 30.0 Å². The summed E-state index contributed by atoms with van der Waals surface area (Å²) in [5, 5.41) is 16.4. The summed E-state index contributed by atoms with van der Waals surface area (Å²) in [7, 11) is 0. The fourth-order valence-electron chi connectivity index (χ4n) is 1.72. The average molecular weight is 212 g/mol. The zero-order valence-electron chi connectivity index (χ0n) is 9.87. The van der Waals surface area contributed by atoms with E-state index in [1.807, 2.05) is 13.8 Å². The van der Waals surface area contributed by atoms with E-state index in [4.69, 9.17) is 9.63 Å². The number of aliphatic hydroxyl groups is 1. The van der Waals surface area contributed by atoms with Crippen LogP contribution in [0.2, 0.25) is 0 Å². The van der Waals surface area contributed by atoms with Crippen molar-refractivity contribution in [1.29, 1.82) is 0 Å². The molecule has 4 heteroatoms. The maximum atomic E-state index is 9.13. The molecule has 0 saturated heterocycles. The minimum Gasteiger partial charge on any atom is -0.393 e. The highest BCUT2D eigenvalue weighted by Crippen LogP contribution is 2.20. The number of aryl methyl sites for hydroxylation is 2. The number of hydrogen-bond acceptors (Lipinski definition) is 4. The topological polar surface area (TPSA) is 58.3 Å². The Hall–Kier alpha value is -0.870. The zero-order valence-corrected chi connectivity index (χ0v) is 9.87. The molecular formula is C11H20N2O2. The van der Waals surface area contributed by atoms with Crippen molar-refractivity contribution in [2.75, 3.05) is 6.54 Å². The van der Waals surface area contributed by atoms with E-state index in [1.54, 1.807) is 6.92 Å². The van der Waals surface area contributed by atoms with Crippen LogP contribution >= 0.6 is 0 Å². The van der Waals surface area contributed by atoms with E-state index in [9.17, 15) is 0 Å². The first-order valence-electron chi connectivity index (χ1n) is 5.36. The SMILES string of the molecule is Cc1noc(C)c1C(C)NCCC(C)O. The van der Waals surface area contributed by atoms with E-state index >= 15 is 0 Å². The van der Waals surface area contributed by atoms with Gasteiger partial charge in [-0.3, -0.25) is 0 Å². The standard InChI is InChI=1S/C11H20N2O2/c1-7(14)5-6-12-8(2)11-9(3)13-15-10(11)4/h7-8,12,14H,5-6H2,1-4H3. The van der Waals surface area contributed by atoms with Gasteiger partial charge in [-0.05, 0) is 40.7 Å². The molecule has 15 heavy (non-hydrogen) atoms. The van der Waals surface area contributed by atoms with Crippen LogP contribution in [0, 0.1) is 13.8 Å². The molecule has 0 aliphatic heterocycles. The van der Waals surface area contributed by atoms with Gasteiger partial charge in [-0.2, -0.15) is 0 Å². The second kappa shape index (κ2) is 5.28. The summed E-state index contributed by atoms with van der Waals surface area (Å²) >= 11 is 0. The molecule has 86 valence electrons. The van der Waals surface area contributed by atoms with Gasteiger partial charge in [0.25, 0.3) is 0 Å². The predicted molar refractivity (Wildman–Crippen MR) is 58.7 cm³/mol. The number of rotatable bonds is 5. The van der Waals surface area contributed by atoms with Gasteiger partial charge in [0, 0.05) is 11.6 Å². The van der Waals surface area contributed by atoms with E-state index in [2.05, 4.69) is 17.4 Å². The first-order valence-corrected chi connectivity index (χ1v) is 5.36. The summed E-state index contributed by atoms with van der Waals surface area (Å²) in [6.45, 7) is 8.53. The number of aromatic nitrogens is 1. The van der Waals surface area contributed by atoms with Crippen LogP contribution in [0.3, 0.4) is 0 Å². The Balaban J connectivity index is 2.50. The molecule has 0 spiro atoms. The molecule has 0 aromatic carbocycles. The molecule has 2 N–H and O–H groups in total. The molecule has 0 saturated carbocycles. The van der Waals surface area contributed by atoms with Gasteiger partial charge >= 0.3 is 0 Å². The first kappa shape index (κ1) is 12.2. The van der Waals surface area contributed by atoms with Crippen LogP contribution in [0.15, 0.2) is 4.52 Å². The molecule has 1 aromatic rings. The Morgan fingerprint density at radius 3 is 2.53 bits per heavy atom. The van der Waals surface area contributed by atoms with Crippen LogP contribution in [0.25, 0.3) is 0 Å². The number of aliphatic hydroxyl groups excluding tert-OH is 1. The van der Waals surface area contributed by atoms with E-state index in [0.29, 0.717) is 0 Å². The summed E-state index contributed by atoms with van der Waals surface area (Å²) in [5.74, 6) is 0.865. The minimum atomic E-state index is -0.255. The average Bonchev–Trinajstić information content (AvgIpc) is 2.45. The molecule has 0 fully saturated rings. The molecule has 0 bridgehead atoms.